The summed E-state index contributed by atoms with van der Waals surface area (Å²) < 4.78 is 17.8. The molecule has 0 aromatic heterocycles. The van der Waals surface area contributed by atoms with Gasteiger partial charge in [-0.15, -0.1) is 0 Å². The second-order valence-corrected chi connectivity index (χ2v) is 3.91. The van der Waals surface area contributed by atoms with Crippen molar-refractivity contribution in [3.05, 3.63) is 29.6 Å². The molecule has 0 fully saturated rings. The Morgan fingerprint density at radius 2 is 2.24 bits per heavy atom. The first-order chi connectivity index (χ1) is 8.02. The highest BCUT2D eigenvalue weighted by Gasteiger charge is 2.08. The highest BCUT2D eigenvalue weighted by atomic mass is 19.1. The number of carbonyl (C=O) groups excluding carboxylic acids is 1. The zero-order chi connectivity index (χ0) is 12.8. The minimum absolute atomic E-state index is 0.0826. The van der Waals surface area contributed by atoms with E-state index in [0.29, 0.717) is 17.9 Å². The number of carbonyl (C=O) groups is 1. The first-order valence-corrected chi connectivity index (χ1v) is 5.35. The number of nitrogens with one attached hydrogen (secondary N) is 2. The van der Waals surface area contributed by atoms with Gasteiger partial charge in [-0.2, -0.15) is 0 Å². The van der Waals surface area contributed by atoms with Gasteiger partial charge in [-0.1, -0.05) is 0 Å². The van der Waals surface area contributed by atoms with Crippen LogP contribution in [0, 0.1) is 12.7 Å². The van der Waals surface area contributed by atoms with E-state index in [9.17, 15) is 9.18 Å². The smallest absolute Gasteiger partial charge is 0.319 e. The number of hydrogen-bond donors (Lipinski definition) is 2. The summed E-state index contributed by atoms with van der Waals surface area (Å²) in [6, 6.07) is 3.80. The standard InChI is InChI=1S/C12H17FN2O2/c1-8-6-10(13)4-5-11(8)15-12(16)14-9(2)7-17-3/h4-6,9H,7H2,1-3H3,(H2,14,15,16)/t9-/m1/s1. The minimum atomic E-state index is -0.329. The maximum Gasteiger partial charge on any atom is 0.319 e. The topological polar surface area (TPSA) is 50.4 Å². The van der Waals surface area contributed by atoms with Gasteiger partial charge in [-0.05, 0) is 37.6 Å². The lowest BCUT2D eigenvalue weighted by Gasteiger charge is -2.14. The van der Waals surface area contributed by atoms with Crippen molar-refractivity contribution < 1.29 is 13.9 Å². The van der Waals surface area contributed by atoms with Crippen molar-refractivity contribution in [2.75, 3.05) is 19.0 Å². The Morgan fingerprint density at radius 3 is 2.82 bits per heavy atom. The van der Waals surface area contributed by atoms with Crippen molar-refractivity contribution in [2.24, 2.45) is 0 Å². The van der Waals surface area contributed by atoms with Crippen LogP contribution < -0.4 is 10.6 Å². The van der Waals surface area contributed by atoms with Gasteiger partial charge in [-0.25, -0.2) is 9.18 Å². The number of methoxy groups -OCH3 is 1. The second-order valence-electron chi connectivity index (χ2n) is 3.91. The average molecular weight is 240 g/mol. The molecule has 5 heteroatoms. The molecule has 17 heavy (non-hydrogen) atoms. The van der Waals surface area contributed by atoms with E-state index in [1.807, 2.05) is 6.92 Å². The molecule has 1 aromatic rings. The lowest BCUT2D eigenvalue weighted by molar-refractivity contribution is 0.173. The van der Waals surface area contributed by atoms with E-state index in [1.165, 1.54) is 18.2 Å². The molecule has 2 amide bonds. The van der Waals surface area contributed by atoms with Crippen LogP contribution >= 0.6 is 0 Å². The minimum Gasteiger partial charge on any atom is -0.383 e. The van der Waals surface area contributed by atoms with Crippen LogP contribution in [0.3, 0.4) is 0 Å². The molecule has 0 saturated carbocycles. The monoisotopic (exact) mass is 240 g/mol. The highest BCUT2D eigenvalue weighted by Crippen LogP contribution is 2.15. The molecule has 94 valence electrons. The van der Waals surface area contributed by atoms with Crippen molar-refractivity contribution in [1.29, 1.82) is 0 Å². The maximum absolute atomic E-state index is 12.9. The summed E-state index contributed by atoms with van der Waals surface area (Å²) in [6.45, 7) is 4.01. The normalized spacial score (nSPS) is 12.0. The fourth-order valence-corrected chi connectivity index (χ4v) is 1.44. The molecule has 0 heterocycles. The number of halogens is 1. The second kappa shape index (κ2) is 6.20. The number of rotatable bonds is 4. The van der Waals surface area contributed by atoms with Crippen molar-refractivity contribution in [3.63, 3.8) is 0 Å². The van der Waals surface area contributed by atoms with E-state index in [0.717, 1.165) is 0 Å². The molecule has 0 bridgehead atoms. The van der Waals surface area contributed by atoms with Gasteiger partial charge < -0.3 is 15.4 Å². The summed E-state index contributed by atoms with van der Waals surface area (Å²) in [4.78, 5) is 11.6. The molecular weight excluding hydrogens is 223 g/mol. The van der Waals surface area contributed by atoms with Gasteiger partial charge in [0.15, 0.2) is 0 Å². The number of anilines is 1. The molecule has 0 aliphatic carbocycles. The zero-order valence-electron chi connectivity index (χ0n) is 10.2. The van der Waals surface area contributed by atoms with E-state index >= 15 is 0 Å². The van der Waals surface area contributed by atoms with Crippen molar-refractivity contribution >= 4 is 11.7 Å². The molecule has 0 radical (unpaired) electrons. The van der Waals surface area contributed by atoms with E-state index in [2.05, 4.69) is 10.6 Å². The summed E-state index contributed by atoms with van der Waals surface area (Å²) in [6.07, 6.45) is 0. The summed E-state index contributed by atoms with van der Waals surface area (Å²) >= 11 is 0. The van der Waals surface area contributed by atoms with E-state index in [-0.39, 0.29) is 17.9 Å². The van der Waals surface area contributed by atoms with Crippen LogP contribution in [0.4, 0.5) is 14.9 Å². The van der Waals surface area contributed by atoms with E-state index in [1.54, 1.807) is 14.0 Å². The summed E-state index contributed by atoms with van der Waals surface area (Å²) in [5, 5.41) is 5.36. The summed E-state index contributed by atoms with van der Waals surface area (Å²) in [5.41, 5.74) is 1.27. The third-order valence-corrected chi connectivity index (χ3v) is 2.23. The lowest BCUT2D eigenvalue weighted by Crippen LogP contribution is -2.38. The molecule has 1 rings (SSSR count). The number of amides is 2. The van der Waals surface area contributed by atoms with Crippen LogP contribution in [0.25, 0.3) is 0 Å². The van der Waals surface area contributed by atoms with Crippen molar-refractivity contribution in [1.82, 2.24) is 5.32 Å². The molecule has 0 spiro atoms. The van der Waals surface area contributed by atoms with Crippen LogP contribution in [-0.2, 0) is 4.74 Å². The Kier molecular flexibility index (Phi) is 4.90. The first-order valence-electron chi connectivity index (χ1n) is 5.35. The molecule has 0 aliphatic heterocycles. The van der Waals surface area contributed by atoms with Gasteiger partial charge in [0.2, 0.25) is 0 Å². The fraction of sp³-hybridized carbons (Fsp3) is 0.417. The average Bonchev–Trinajstić information content (AvgIpc) is 2.22. The maximum atomic E-state index is 12.9. The Bertz CT molecular complexity index is 396. The molecule has 1 aromatic carbocycles. The predicted molar refractivity (Wildman–Crippen MR) is 64.6 cm³/mol. The molecular formula is C12H17FN2O2. The molecule has 2 N–H and O–H groups in total. The van der Waals surface area contributed by atoms with Gasteiger partial charge in [0.25, 0.3) is 0 Å². The Morgan fingerprint density at radius 1 is 1.53 bits per heavy atom. The van der Waals surface area contributed by atoms with Gasteiger partial charge in [-0.3, -0.25) is 0 Å². The van der Waals surface area contributed by atoms with E-state index in [4.69, 9.17) is 4.74 Å². The van der Waals surface area contributed by atoms with Crippen LogP contribution in [-0.4, -0.2) is 25.8 Å². The lowest BCUT2D eigenvalue weighted by atomic mass is 10.2. The van der Waals surface area contributed by atoms with Gasteiger partial charge in [0.1, 0.15) is 5.82 Å². The van der Waals surface area contributed by atoms with Gasteiger partial charge in [0, 0.05) is 12.8 Å². The Balaban J connectivity index is 2.56. The van der Waals surface area contributed by atoms with Gasteiger partial charge in [0.05, 0.1) is 12.6 Å². The summed E-state index contributed by atoms with van der Waals surface area (Å²) in [5.74, 6) is -0.318. The van der Waals surface area contributed by atoms with Crippen molar-refractivity contribution in [2.45, 2.75) is 19.9 Å². The van der Waals surface area contributed by atoms with Crippen LogP contribution in [0.15, 0.2) is 18.2 Å². The van der Waals surface area contributed by atoms with E-state index < -0.39 is 0 Å². The van der Waals surface area contributed by atoms with Crippen LogP contribution in [0.1, 0.15) is 12.5 Å². The quantitative estimate of drug-likeness (QED) is 0.848. The molecule has 4 nitrogen and oxygen atoms in total. The van der Waals surface area contributed by atoms with Gasteiger partial charge >= 0.3 is 6.03 Å². The number of benzene rings is 1. The largest absolute Gasteiger partial charge is 0.383 e. The zero-order valence-corrected chi connectivity index (χ0v) is 10.2. The number of urea groups is 1. The Labute approximate surface area is 100 Å². The Hall–Kier alpha value is -1.62. The SMILES string of the molecule is COC[C@@H](C)NC(=O)Nc1ccc(F)cc1C. The molecule has 1 atom stereocenters. The third-order valence-electron chi connectivity index (χ3n) is 2.23. The molecule has 0 aliphatic rings. The third kappa shape index (κ3) is 4.40. The number of aryl methyl sites for hydroxylation is 1. The molecule has 0 saturated heterocycles. The fourth-order valence-electron chi connectivity index (χ4n) is 1.44. The van der Waals surface area contributed by atoms with Crippen LogP contribution in [0.2, 0.25) is 0 Å². The predicted octanol–water partition coefficient (Wildman–Crippen LogP) is 2.29. The summed E-state index contributed by atoms with van der Waals surface area (Å²) in [7, 11) is 1.57. The van der Waals surface area contributed by atoms with Crippen LogP contribution in [0.5, 0.6) is 0 Å². The number of hydrogen-bond acceptors (Lipinski definition) is 2. The number of ether oxygens (including phenoxy) is 1. The molecule has 0 unspecified atom stereocenters. The van der Waals surface area contributed by atoms with Crippen molar-refractivity contribution in [3.8, 4) is 0 Å². The first kappa shape index (κ1) is 13.4. The highest BCUT2D eigenvalue weighted by molar-refractivity contribution is 5.90.